The number of nitrogens with one attached hydrogen (secondary N) is 1. The predicted octanol–water partition coefficient (Wildman–Crippen LogP) is 4.84. The first kappa shape index (κ1) is 22.5. The summed E-state index contributed by atoms with van der Waals surface area (Å²) in [5.41, 5.74) is 7.46. The van der Waals surface area contributed by atoms with E-state index in [4.69, 9.17) is 4.98 Å². The fourth-order valence-corrected chi connectivity index (χ4v) is 5.02. The summed E-state index contributed by atoms with van der Waals surface area (Å²) < 4.78 is 0. The quantitative estimate of drug-likeness (QED) is 0.414. The molecule has 3 aromatic carbocycles. The van der Waals surface area contributed by atoms with Crippen LogP contribution in [0, 0.1) is 6.92 Å². The average molecular weight is 479 g/mol. The monoisotopic (exact) mass is 478 g/mol. The van der Waals surface area contributed by atoms with Gasteiger partial charge in [-0.15, -0.1) is 0 Å². The van der Waals surface area contributed by atoms with Crippen molar-refractivity contribution in [2.24, 2.45) is 0 Å². The van der Waals surface area contributed by atoms with Crippen LogP contribution >= 0.6 is 0 Å². The van der Waals surface area contributed by atoms with Crippen molar-refractivity contribution in [1.82, 2.24) is 14.9 Å². The zero-order valence-electron chi connectivity index (χ0n) is 20.7. The van der Waals surface area contributed by atoms with Crippen LogP contribution in [0.5, 0.6) is 0 Å². The number of hydrogen-bond acceptors (Lipinski definition) is 6. The van der Waals surface area contributed by atoms with Crippen LogP contribution < -0.4 is 15.1 Å². The van der Waals surface area contributed by atoms with Crippen molar-refractivity contribution in [3.8, 4) is 11.1 Å². The third-order valence-corrected chi connectivity index (χ3v) is 7.25. The molecule has 7 nitrogen and oxygen atoms in total. The third-order valence-electron chi connectivity index (χ3n) is 7.25. The van der Waals surface area contributed by atoms with Crippen molar-refractivity contribution in [1.29, 1.82) is 0 Å². The van der Waals surface area contributed by atoms with E-state index in [1.165, 1.54) is 11.3 Å². The van der Waals surface area contributed by atoms with Gasteiger partial charge in [0, 0.05) is 73.4 Å². The molecule has 36 heavy (non-hydrogen) atoms. The summed E-state index contributed by atoms with van der Waals surface area (Å²) in [5, 5.41) is 4.39. The summed E-state index contributed by atoms with van der Waals surface area (Å²) in [6.07, 6.45) is 2.50. The van der Waals surface area contributed by atoms with Crippen LogP contribution in [0.3, 0.4) is 0 Å². The molecule has 0 saturated carbocycles. The number of piperazine rings is 1. The largest absolute Gasteiger partial charge is 0.369 e. The van der Waals surface area contributed by atoms with Crippen LogP contribution in [0.1, 0.15) is 12.0 Å². The number of nitrogens with zero attached hydrogens (tertiary/aromatic N) is 5. The topological polar surface area (TPSA) is 64.6 Å². The van der Waals surface area contributed by atoms with Gasteiger partial charge in [0.2, 0.25) is 11.9 Å². The maximum Gasteiger partial charge on any atom is 0.228 e. The number of benzene rings is 3. The van der Waals surface area contributed by atoms with E-state index in [2.05, 4.69) is 70.5 Å². The molecular weight excluding hydrogens is 448 g/mol. The van der Waals surface area contributed by atoms with Gasteiger partial charge in [-0.2, -0.15) is 0 Å². The van der Waals surface area contributed by atoms with E-state index in [-0.39, 0.29) is 5.91 Å². The van der Waals surface area contributed by atoms with Crippen molar-refractivity contribution in [2.45, 2.75) is 13.3 Å². The average Bonchev–Trinajstić information content (AvgIpc) is 2.89. The maximum absolute atomic E-state index is 11.8. The standard InChI is InChI=1S/C29H30N6O/c1-20-18-23(8-11-26(20)34-16-14-33(2)15-17-34)31-29-30-19-22-4-3-5-25(28(22)32-29)21-6-9-24(10-7-21)35-13-12-27(35)36/h3-11,18-19H,12-17H2,1-2H3,(H,30,31,32). The predicted molar refractivity (Wildman–Crippen MR) is 146 cm³/mol. The molecule has 0 unspecified atom stereocenters. The molecule has 0 radical (unpaired) electrons. The lowest BCUT2D eigenvalue weighted by molar-refractivity contribution is -0.122. The lowest BCUT2D eigenvalue weighted by Crippen LogP contribution is -2.44. The minimum Gasteiger partial charge on any atom is -0.369 e. The Labute approximate surface area is 211 Å². The summed E-state index contributed by atoms with van der Waals surface area (Å²) in [7, 11) is 2.18. The summed E-state index contributed by atoms with van der Waals surface area (Å²) in [5.74, 6) is 0.757. The highest BCUT2D eigenvalue weighted by atomic mass is 16.2. The fraction of sp³-hybridized carbons (Fsp3) is 0.276. The van der Waals surface area contributed by atoms with Gasteiger partial charge in [-0.3, -0.25) is 4.79 Å². The smallest absolute Gasteiger partial charge is 0.228 e. The number of para-hydroxylation sites is 1. The van der Waals surface area contributed by atoms with E-state index in [1.54, 1.807) is 0 Å². The van der Waals surface area contributed by atoms with Crippen molar-refractivity contribution in [2.75, 3.05) is 54.9 Å². The number of carbonyl (C=O) groups excluding carboxylic acids is 1. The third kappa shape index (κ3) is 4.27. The van der Waals surface area contributed by atoms with E-state index in [9.17, 15) is 4.79 Å². The number of β-lactam (4-membered cyclic amide) rings is 1. The van der Waals surface area contributed by atoms with Gasteiger partial charge in [-0.1, -0.05) is 30.3 Å². The molecule has 6 rings (SSSR count). The molecule has 0 bridgehead atoms. The summed E-state index contributed by atoms with van der Waals surface area (Å²) in [6, 6.07) is 20.8. The lowest BCUT2D eigenvalue weighted by Gasteiger charge is -2.35. The Kier molecular flexibility index (Phi) is 5.77. The highest BCUT2D eigenvalue weighted by Crippen LogP contribution is 2.31. The van der Waals surface area contributed by atoms with Gasteiger partial charge < -0.3 is 20.0 Å². The summed E-state index contributed by atoms with van der Waals surface area (Å²) in [4.78, 5) is 27.9. The van der Waals surface area contributed by atoms with Crippen LogP contribution in [0.2, 0.25) is 0 Å². The molecule has 7 heteroatoms. The molecule has 4 aromatic rings. The zero-order chi connectivity index (χ0) is 24.6. The van der Waals surface area contributed by atoms with Crippen LogP contribution in [0.15, 0.2) is 66.9 Å². The highest BCUT2D eigenvalue weighted by molar-refractivity contribution is 6.00. The SMILES string of the molecule is Cc1cc(Nc2ncc3cccc(-c4ccc(N5CCC5=O)cc4)c3n2)ccc1N1CCN(C)CC1. The van der Waals surface area contributed by atoms with Gasteiger partial charge in [0.15, 0.2) is 0 Å². The van der Waals surface area contributed by atoms with E-state index >= 15 is 0 Å². The number of anilines is 4. The number of likely N-dealkylation sites (N-methyl/N-ethyl adjacent to an activating group) is 1. The number of aromatic nitrogens is 2. The minimum absolute atomic E-state index is 0.183. The molecule has 0 atom stereocenters. The fourth-order valence-electron chi connectivity index (χ4n) is 5.02. The first-order chi connectivity index (χ1) is 17.5. The number of amides is 1. The Morgan fingerprint density at radius 1 is 0.917 bits per heavy atom. The van der Waals surface area contributed by atoms with Crippen molar-refractivity contribution < 1.29 is 4.79 Å². The molecule has 2 aliphatic heterocycles. The van der Waals surface area contributed by atoms with E-state index in [0.717, 1.165) is 66.1 Å². The second-order valence-corrected chi connectivity index (χ2v) is 9.70. The molecule has 182 valence electrons. The molecule has 2 fully saturated rings. The van der Waals surface area contributed by atoms with Crippen LogP contribution in [-0.2, 0) is 4.79 Å². The Balaban J connectivity index is 1.25. The minimum atomic E-state index is 0.183. The Hall–Kier alpha value is -3.97. The van der Waals surface area contributed by atoms with E-state index in [0.29, 0.717) is 12.4 Å². The van der Waals surface area contributed by atoms with E-state index < -0.39 is 0 Å². The Morgan fingerprint density at radius 2 is 1.72 bits per heavy atom. The first-order valence-corrected chi connectivity index (χ1v) is 12.5. The molecule has 0 aliphatic carbocycles. The van der Waals surface area contributed by atoms with Crippen LogP contribution in [0.4, 0.5) is 23.0 Å². The van der Waals surface area contributed by atoms with Gasteiger partial charge in [-0.25, -0.2) is 9.97 Å². The number of fused-ring (bicyclic) bond motifs is 1. The summed E-state index contributed by atoms with van der Waals surface area (Å²) >= 11 is 0. The maximum atomic E-state index is 11.8. The molecule has 2 saturated heterocycles. The van der Waals surface area contributed by atoms with Crippen molar-refractivity contribution >= 4 is 39.8 Å². The molecule has 1 N–H and O–H groups in total. The van der Waals surface area contributed by atoms with Crippen LogP contribution in [0.25, 0.3) is 22.0 Å². The van der Waals surface area contributed by atoms with Crippen molar-refractivity contribution in [3.05, 3.63) is 72.4 Å². The second-order valence-electron chi connectivity index (χ2n) is 9.70. The Morgan fingerprint density at radius 3 is 2.42 bits per heavy atom. The van der Waals surface area contributed by atoms with Gasteiger partial charge in [0.05, 0.1) is 5.52 Å². The number of aryl methyl sites for hydroxylation is 1. The Bertz CT molecular complexity index is 1430. The summed E-state index contributed by atoms with van der Waals surface area (Å²) in [6.45, 7) is 7.24. The highest BCUT2D eigenvalue weighted by Gasteiger charge is 2.25. The molecular formula is C29H30N6O. The normalized spacial score (nSPS) is 16.3. The molecule has 0 spiro atoms. The molecule has 1 aromatic heterocycles. The van der Waals surface area contributed by atoms with E-state index in [1.807, 2.05) is 35.4 Å². The second kappa shape index (κ2) is 9.24. The van der Waals surface area contributed by atoms with Gasteiger partial charge in [0.1, 0.15) is 0 Å². The molecule has 2 aliphatic rings. The van der Waals surface area contributed by atoms with Crippen LogP contribution in [-0.4, -0.2) is 60.5 Å². The van der Waals surface area contributed by atoms with Gasteiger partial charge in [-0.05, 0) is 55.4 Å². The molecule has 1 amide bonds. The zero-order valence-corrected chi connectivity index (χ0v) is 20.7. The van der Waals surface area contributed by atoms with Crippen molar-refractivity contribution in [3.63, 3.8) is 0 Å². The number of carbonyl (C=O) groups is 1. The number of hydrogen-bond donors (Lipinski definition) is 1. The molecule has 3 heterocycles. The van der Waals surface area contributed by atoms with Gasteiger partial charge in [0.25, 0.3) is 0 Å². The first-order valence-electron chi connectivity index (χ1n) is 12.5. The number of rotatable bonds is 5. The lowest BCUT2D eigenvalue weighted by atomic mass is 10.0. The van der Waals surface area contributed by atoms with Gasteiger partial charge >= 0.3 is 0 Å².